The molecule has 24 heavy (non-hydrogen) atoms. The Kier molecular flexibility index (Phi) is 3.44. The number of ether oxygens (including phenoxy) is 2. The molecule has 1 saturated carbocycles. The third-order valence-electron chi connectivity index (χ3n) is 5.98. The Morgan fingerprint density at radius 1 is 1.08 bits per heavy atom. The minimum Gasteiger partial charge on any atom is -0.454 e. The maximum atomic E-state index is 12.0. The molecule has 5 nitrogen and oxygen atoms in total. The topological polar surface area (TPSA) is 50.8 Å². The normalized spacial score (nSPS) is 31.2. The van der Waals surface area contributed by atoms with Gasteiger partial charge in [0.15, 0.2) is 11.5 Å². The number of hydrogen-bond acceptors (Lipinski definition) is 4. The van der Waals surface area contributed by atoms with Crippen molar-refractivity contribution in [2.75, 3.05) is 6.79 Å². The van der Waals surface area contributed by atoms with Crippen LogP contribution in [0.3, 0.4) is 0 Å². The van der Waals surface area contributed by atoms with Gasteiger partial charge in [-0.05, 0) is 56.2 Å². The summed E-state index contributed by atoms with van der Waals surface area (Å²) in [6.45, 7) is 1.30. The van der Waals surface area contributed by atoms with Gasteiger partial charge in [0.05, 0.1) is 0 Å². The molecule has 1 aliphatic carbocycles. The van der Waals surface area contributed by atoms with Gasteiger partial charge in [0.2, 0.25) is 12.7 Å². The molecule has 2 unspecified atom stereocenters. The van der Waals surface area contributed by atoms with E-state index in [0.29, 0.717) is 36.7 Å². The number of fused-ring (bicyclic) bond motifs is 3. The van der Waals surface area contributed by atoms with Crippen molar-refractivity contribution in [2.45, 2.75) is 63.2 Å². The summed E-state index contributed by atoms with van der Waals surface area (Å²) in [5, 5.41) is 3.30. The monoisotopic (exact) mass is 328 g/mol. The van der Waals surface area contributed by atoms with Crippen LogP contribution >= 0.6 is 0 Å². The molecule has 1 aromatic carbocycles. The number of hydrogen-bond donors (Lipinski definition) is 1. The third-order valence-corrected chi connectivity index (χ3v) is 5.98. The number of piperidine rings is 1. The molecule has 128 valence electrons. The van der Waals surface area contributed by atoms with Crippen LogP contribution in [0.2, 0.25) is 0 Å². The quantitative estimate of drug-likeness (QED) is 0.922. The van der Waals surface area contributed by atoms with Crippen molar-refractivity contribution in [3.63, 3.8) is 0 Å². The lowest BCUT2D eigenvalue weighted by molar-refractivity contribution is -0.123. The molecular weight excluding hydrogens is 304 g/mol. The molecule has 2 saturated heterocycles. The van der Waals surface area contributed by atoms with Gasteiger partial charge in [0.25, 0.3) is 0 Å². The number of rotatable bonds is 4. The fraction of sp³-hybridized carbons (Fsp3) is 0.632. The molecule has 4 aliphatic rings. The van der Waals surface area contributed by atoms with Crippen LogP contribution in [0.5, 0.6) is 11.5 Å². The van der Waals surface area contributed by atoms with E-state index in [9.17, 15) is 4.79 Å². The molecule has 5 rings (SSSR count). The average Bonchev–Trinajstić information content (AvgIpc) is 3.28. The highest BCUT2D eigenvalue weighted by Crippen LogP contribution is 2.39. The summed E-state index contributed by atoms with van der Waals surface area (Å²) >= 11 is 0. The lowest BCUT2D eigenvalue weighted by atomic mass is 9.96. The van der Waals surface area contributed by atoms with Crippen molar-refractivity contribution in [2.24, 2.45) is 5.92 Å². The number of nitrogens with one attached hydrogen (secondary N) is 1. The molecule has 2 bridgehead atoms. The van der Waals surface area contributed by atoms with Crippen molar-refractivity contribution < 1.29 is 14.3 Å². The second-order valence-electron chi connectivity index (χ2n) is 7.70. The van der Waals surface area contributed by atoms with Gasteiger partial charge < -0.3 is 14.8 Å². The summed E-state index contributed by atoms with van der Waals surface area (Å²) < 4.78 is 10.9. The molecule has 0 spiro atoms. The minimum absolute atomic E-state index is 0.295. The van der Waals surface area contributed by atoms with E-state index in [4.69, 9.17) is 9.47 Å². The second-order valence-corrected chi connectivity index (χ2v) is 7.70. The standard InChI is InChI=1S/C19H24N2O3/c22-19(13-2-3-13)20-14-8-15-4-5-16(9-14)21(15)10-12-1-6-17-18(7-12)24-11-23-17/h1,6-7,13-16H,2-5,8-11H2,(H,20,22). The van der Waals surface area contributed by atoms with Crippen LogP contribution in [0, 0.1) is 5.92 Å². The fourth-order valence-corrected chi connectivity index (χ4v) is 4.56. The molecule has 3 heterocycles. The molecule has 1 aromatic rings. The molecule has 1 amide bonds. The van der Waals surface area contributed by atoms with Gasteiger partial charge in [0.1, 0.15) is 0 Å². The van der Waals surface area contributed by atoms with E-state index in [2.05, 4.69) is 22.3 Å². The number of nitrogens with zero attached hydrogens (tertiary/aromatic N) is 1. The van der Waals surface area contributed by atoms with Crippen molar-refractivity contribution in [1.82, 2.24) is 10.2 Å². The Hall–Kier alpha value is -1.75. The molecule has 3 aliphatic heterocycles. The zero-order valence-corrected chi connectivity index (χ0v) is 13.9. The van der Waals surface area contributed by atoms with Crippen molar-refractivity contribution in [3.8, 4) is 11.5 Å². The predicted octanol–water partition coefficient (Wildman–Crippen LogP) is 2.44. The van der Waals surface area contributed by atoms with E-state index in [0.717, 1.165) is 43.7 Å². The van der Waals surface area contributed by atoms with Crippen LogP contribution in [0.25, 0.3) is 0 Å². The van der Waals surface area contributed by atoms with Gasteiger partial charge in [0, 0.05) is 30.6 Å². The highest BCUT2D eigenvalue weighted by atomic mass is 16.7. The van der Waals surface area contributed by atoms with E-state index in [1.165, 1.54) is 18.4 Å². The number of carbonyl (C=O) groups is 1. The lowest BCUT2D eigenvalue weighted by Gasteiger charge is -2.39. The Morgan fingerprint density at radius 2 is 1.83 bits per heavy atom. The molecule has 5 heteroatoms. The molecule has 0 aromatic heterocycles. The summed E-state index contributed by atoms with van der Waals surface area (Å²) in [5.74, 6) is 2.33. The Labute approximate surface area is 142 Å². The van der Waals surface area contributed by atoms with Gasteiger partial charge in [-0.3, -0.25) is 9.69 Å². The Balaban J connectivity index is 1.24. The highest BCUT2D eigenvalue weighted by molar-refractivity contribution is 5.81. The SMILES string of the molecule is O=C(NC1CC2CCC(C1)N2Cc1ccc2c(c1)OCO2)C1CC1. The first-order valence-electron chi connectivity index (χ1n) is 9.21. The number of carbonyl (C=O) groups excluding carboxylic acids is 1. The number of benzene rings is 1. The van der Waals surface area contributed by atoms with Crippen LogP contribution in [-0.4, -0.2) is 35.7 Å². The van der Waals surface area contributed by atoms with Gasteiger partial charge in [-0.1, -0.05) is 6.07 Å². The maximum absolute atomic E-state index is 12.0. The largest absolute Gasteiger partial charge is 0.454 e. The first-order valence-corrected chi connectivity index (χ1v) is 9.21. The van der Waals surface area contributed by atoms with Gasteiger partial charge in [-0.25, -0.2) is 0 Å². The first kappa shape index (κ1) is 14.6. The van der Waals surface area contributed by atoms with E-state index in [1.54, 1.807) is 0 Å². The van der Waals surface area contributed by atoms with Gasteiger partial charge in [-0.15, -0.1) is 0 Å². The van der Waals surface area contributed by atoms with Crippen LogP contribution < -0.4 is 14.8 Å². The summed E-state index contributed by atoms with van der Waals surface area (Å²) in [4.78, 5) is 14.7. The van der Waals surface area contributed by atoms with Gasteiger partial charge >= 0.3 is 0 Å². The van der Waals surface area contributed by atoms with E-state index < -0.39 is 0 Å². The fourth-order valence-electron chi connectivity index (χ4n) is 4.56. The first-order chi connectivity index (χ1) is 11.8. The zero-order chi connectivity index (χ0) is 16.1. The summed E-state index contributed by atoms with van der Waals surface area (Å²) in [6, 6.07) is 7.85. The van der Waals surface area contributed by atoms with Crippen LogP contribution in [0.15, 0.2) is 18.2 Å². The third kappa shape index (κ3) is 2.65. The van der Waals surface area contributed by atoms with Crippen molar-refractivity contribution >= 4 is 5.91 Å². The van der Waals surface area contributed by atoms with E-state index >= 15 is 0 Å². The van der Waals surface area contributed by atoms with Gasteiger partial charge in [-0.2, -0.15) is 0 Å². The van der Waals surface area contributed by atoms with Crippen LogP contribution in [0.1, 0.15) is 44.1 Å². The predicted molar refractivity (Wildman–Crippen MR) is 88.8 cm³/mol. The average molecular weight is 328 g/mol. The smallest absolute Gasteiger partial charge is 0.231 e. The van der Waals surface area contributed by atoms with Crippen LogP contribution in [0.4, 0.5) is 0 Å². The summed E-state index contributed by atoms with van der Waals surface area (Å²) in [6.07, 6.45) is 6.87. The zero-order valence-electron chi connectivity index (χ0n) is 13.9. The lowest BCUT2D eigenvalue weighted by Crippen LogP contribution is -2.50. The second kappa shape index (κ2) is 5.66. The molecule has 2 atom stereocenters. The van der Waals surface area contributed by atoms with Crippen molar-refractivity contribution in [1.29, 1.82) is 0 Å². The summed E-state index contributed by atoms with van der Waals surface area (Å²) in [7, 11) is 0. The molecule has 3 fully saturated rings. The van der Waals surface area contributed by atoms with E-state index in [1.807, 2.05) is 6.07 Å². The maximum Gasteiger partial charge on any atom is 0.231 e. The molecular formula is C19H24N2O3. The number of amides is 1. The highest BCUT2D eigenvalue weighted by Gasteiger charge is 2.42. The van der Waals surface area contributed by atoms with Crippen LogP contribution in [-0.2, 0) is 11.3 Å². The van der Waals surface area contributed by atoms with Crippen molar-refractivity contribution in [3.05, 3.63) is 23.8 Å². The summed E-state index contributed by atoms with van der Waals surface area (Å²) in [5.41, 5.74) is 1.29. The Morgan fingerprint density at radius 3 is 2.58 bits per heavy atom. The van der Waals surface area contributed by atoms with E-state index in [-0.39, 0.29) is 0 Å². The molecule has 0 radical (unpaired) electrons. The molecule has 1 N–H and O–H groups in total. The minimum atomic E-state index is 0.295. The Bertz CT molecular complexity index is 644.